The molecule has 0 fully saturated rings. The number of methoxy groups -OCH3 is 1. The predicted molar refractivity (Wildman–Crippen MR) is 79.6 cm³/mol. The Morgan fingerprint density at radius 2 is 2.25 bits per heavy atom. The van der Waals surface area contributed by atoms with Crippen LogP contribution in [0.25, 0.3) is 0 Å². The van der Waals surface area contributed by atoms with Crippen molar-refractivity contribution in [2.75, 3.05) is 7.11 Å². The minimum atomic E-state index is -0.283. The van der Waals surface area contributed by atoms with Crippen molar-refractivity contribution in [3.8, 4) is 11.5 Å². The molecule has 1 amide bonds. The summed E-state index contributed by atoms with van der Waals surface area (Å²) >= 11 is 1.67. The number of hydrogen-bond acceptors (Lipinski definition) is 4. The first-order valence-corrected chi connectivity index (χ1v) is 7.18. The molecule has 0 radical (unpaired) electrons. The number of rotatable bonds is 5. The largest absolute Gasteiger partial charge is 0.507 e. The van der Waals surface area contributed by atoms with E-state index >= 15 is 0 Å². The van der Waals surface area contributed by atoms with Crippen molar-refractivity contribution >= 4 is 17.2 Å². The standard InChI is InChI=1S/C15H17NO3S/c1-10(8-12-4-3-7-20-12)16-15(18)13-6-5-11(19-2)9-14(13)17/h3-7,9-10,17H,8H2,1-2H3,(H,16,18). The van der Waals surface area contributed by atoms with Crippen molar-refractivity contribution < 1.29 is 14.6 Å². The molecule has 0 bridgehead atoms. The lowest BCUT2D eigenvalue weighted by atomic mass is 10.1. The Bertz CT molecular complexity index is 581. The van der Waals surface area contributed by atoms with Crippen LogP contribution in [0.1, 0.15) is 22.2 Å². The van der Waals surface area contributed by atoms with Gasteiger partial charge < -0.3 is 15.2 Å². The van der Waals surface area contributed by atoms with Gasteiger partial charge in [-0.1, -0.05) is 6.07 Å². The zero-order valence-electron chi connectivity index (χ0n) is 11.4. The van der Waals surface area contributed by atoms with Crippen LogP contribution in [0.3, 0.4) is 0 Å². The Kier molecular flexibility index (Phi) is 4.63. The second-order valence-electron chi connectivity index (χ2n) is 4.54. The number of phenolic OH excluding ortho intramolecular Hbond substituents is 1. The van der Waals surface area contributed by atoms with Crippen molar-refractivity contribution in [2.24, 2.45) is 0 Å². The van der Waals surface area contributed by atoms with Gasteiger partial charge in [0.15, 0.2) is 0 Å². The van der Waals surface area contributed by atoms with Gasteiger partial charge in [-0.05, 0) is 30.5 Å². The summed E-state index contributed by atoms with van der Waals surface area (Å²) in [5, 5.41) is 14.7. The Morgan fingerprint density at radius 1 is 1.45 bits per heavy atom. The molecule has 1 unspecified atom stereocenters. The molecule has 2 aromatic rings. The van der Waals surface area contributed by atoms with Gasteiger partial charge in [-0.15, -0.1) is 11.3 Å². The van der Waals surface area contributed by atoms with Crippen molar-refractivity contribution in [3.63, 3.8) is 0 Å². The van der Waals surface area contributed by atoms with E-state index in [1.54, 1.807) is 23.5 Å². The molecule has 2 N–H and O–H groups in total. The van der Waals surface area contributed by atoms with Gasteiger partial charge in [-0.3, -0.25) is 4.79 Å². The second kappa shape index (κ2) is 6.43. The summed E-state index contributed by atoms with van der Waals surface area (Å²) < 4.78 is 4.99. The smallest absolute Gasteiger partial charge is 0.255 e. The van der Waals surface area contributed by atoms with Gasteiger partial charge in [0.25, 0.3) is 5.91 Å². The first kappa shape index (κ1) is 14.4. The van der Waals surface area contributed by atoms with Gasteiger partial charge in [-0.25, -0.2) is 0 Å². The molecule has 2 rings (SSSR count). The molecular formula is C15H17NO3S. The van der Waals surface area contributed by atoms with Crippen molar-refractivity contribution in [3.05, 3.63) is 46.2 Å². The van der Waals surface area contributed by atoms with Crippen LogP contribution in [0.15, 0.2) is 35.7 Å². The van der Waals surface area contributed by atoms with Crippen molar-refractivity contribution in [1.82, 2.24) is 5.32 Å². The fourth-order valence-corrected chi connectivity index (χ4v) is 2.75. The lowest BCUT2D eigenvalue weighted by Crippen LogP contribution is -2.33. The molecule has 20 heavy (non-hydrogen) atoms. The van der Waals surface area contributed by atoms with Crippen LogP contribution in [0.5, 0.6) is 11.5 Å². The number of benzene rings is 1. The molecule has 0 saturated carbocycles. The van der Waals surface area contributed by atoms with Gasteiger partial charge >= 0.3 is 0 Å². The fourth-order valence-electron chi connectivity index (χ4n) is 1.91. The number of aromatic hydroxyl groups is 1. The highest BCUT2D eigenvalue weighted by Crippen LogP contribution is 2.23. The molecule has 1 aromatic heterocycles. The van der Waals surface area contributed by atoms with Gasteiger partial charge in [0.1, 0.15) is 11.5 Å². The maximum Gasteiger partial charge on any atom is 0.255 e. The molecule has 1 atom stereocenters. The lowest BCUT2D eigenvalue weighted by molar-refractivity contribution is 0.0937. The summed E-state index contributed by atoms with van der Waals surface area (Å²) in [6.45, 7) is 1.94. The second-order valence-corrected chi connectivity index (χ2v) is 5.57. The molecule has 0 aliphatic heterocycles. The van der Waals surface area contributed by atoms with Crippen LogP contribution in [0, 0.1) is 0 Å². The first-order chi connectivity index (χ1) is 9.60. The zero-order chi connectivity index (χ0) is 14.5. The minimum Gasteiger partial charge on any atom is -0.507 e. The molecule has 0 aliphatic carbocycles. The van der Waals surface area contributed by atoms with Crippen LogP contribution in [0.2, 0.25) is 0 Å². The van der Waals surface area contributed by atoms with Crippen LogP contribution in [0.4, 0.5) is 0 Å². The van der Waals surface area contributed by atoms with Crippen LogP contribution < -0.4 is 10.1 Å². The highest BCUT2D eigenvalue weighted by atomic mass is 32.1. The number of hydrogen-bond donors (Lipinski definition) is 2. The molecule has 0 saturated heterocycles. The van der Waals surface area contributed by atoms with E-state index in [2.05, 4.69) is 5.32 Å². The number of nitrogens with one attached hydrogen (secondary N) is 1. The third-order valence-corrected chi connectivity index (χ3v) is 3.81. The monoisotopic (exact) mass is 291 g/mol. The minimum absolute atomic E-state index is 0.00246. The lowest BCUT2D eigenvalue weighted by Gasteiger charge is -2.14. The van der Waals surface area contributed by atoms with E-state index in [4.69, 9.17) is 4.74 Å². The summed E-state index contributed by atoms with van der Waals surface area (Å²) in [7, 11) is 1.51. The highest BCUT2D eigenvalue weighted by molar-refractivity contribution is 7.09. The van der Waals surface area contributed by atoms with Crippen molar-refractivity contribution in [1.29, 1.82) is 0 Å². The molecule has 1 aromatic carbocycles. The maximum atomic E-state index is 12.1. The van der Waals surface area contributed by atoms with E-state index in [1.807, 2.05) is 24.4 Å². The Labute approximate surface area is 122 Å². The van der Waals surface area contributed by atoms with Gasteiger partial charge in [0.2, 0.25) is 0 Å². The fraction of sp³-hybridized carbons (Fsp3) is 0.267. The Morgan fingerprint density at radius 3 is 2.85 bits per heavy atom. The van der Waals surface area contributed by atoms with E-state index in [9.17, 15) is 9.90 Å². The third-order valence-electron chi connectivity index (χ3n) is 2.91. The third kappa shape index (κ3) is 3.51. The number of carbonyl (C=O) groups excluding carboxylic acids is 1. The molecule has 0 spiro atoms. The molecule has 0 aliphatic rings. The molecular weight excluding hydrogens is 274 g/mol. The number of ether oxygens (including phenoxy) is 1. The van der Waals surface area contributed by atoms with Gasteiger partial charge in [0.05, 0.1) is 12.7 Å². The molecule has 5 heteroatoms. The number of thiophene rings is 1. The van der Waals surface area contributed by atoms with Crippen molar-refractivity contribution in [2.45, 2.75) is 19.4 Å². The van der Waals surface area contributed by atoms with Gasteiger partial charge in [-0.2, -0.15) is 0 Å². The first-order valence-electron chi connectivity index (χ1n) is 6.30. The van der Waals surface area contributed by atoms with E-state index in [0.29, 0.717) is 5.75 Å². The van der Waals surface area contributed by atoms with E-state index in [1.165, 1.54) is 18.1 Å². The summed E-state index contributed by atoms with van der Waals surface area (Å²) in [5.41, 5.74) is 0.254. The molecule has 4 nitrogen and oxygen atoms in total. The summed E-state index contributed by atoms with van der Waals surface area (Å²) in [5.74, 6) is 0.157. The van der Waals surface area contributed by atoms with Crippen LogP contribution in [-0.2, 0) is 6.42 Å². The summed E-state index contributed by atoms with van der Waals surface area (Å²) in [6, 6.07) is 8.67. The molecule has 1 heterocycles. The van der Waals surface area contributed by atoms with E-state index in [-0.39, 0.29) is 23.3 Å². The van der Waals surface area contributed by atoms with E-state index < -0.39 is 0 Å². The van der Waals surface area contributed by atoms with Crippen LogP contribution in [-0.4, -0.2) is 24.2 Å². The SMILES string of the molecule is COc1ccc(C(=O)NC(C)Cc2cccs2)c(O)c1. The predicted octanol–water partition coefficient (Wildman–Crippen LogP) is 2.82. The molecule has 106 valence electrons. The Hall–Kier alpha value is -2.01. The van der Waals surface area contributed by atoms with Gasteiger partial charge in [0, 0.05) is 23.4 Å². The summed E-state index contributed by atoms with van der Waals surface area (Å²) in [6.07, 6.45) is 0.778. The zero-order valence-corrected chi connectivity index (χ0v) is 12.2. The Balaban J connectivity index is 2.00. The number of carbonyl (C=O) groups is 1. The topological polar surface area (TPSA) is 58.6 Å². The number of phenols is 1. The number of amides is 1. The summed E-state index contributed by atoms with van der Waals surface area (Å²) in [4.78, 5) is 13.3. The van der Waals surface area contributed by atoms with Crippen LogP contribution >= 0.6 is 11.3 Å². The average Bonchev–Trinajstić information content (AvgIpc) is 2.90. The normalized spacial score (nSPS) is 11.9. The quantitative estimate of drug-likeness (QED) is 0.890. The maximum absolute atomic E-state index is 12.1. The highest BCUT2D eigenvalue weighted by Gasteiger charge is 2.14. The van der Waals surface area contributed by atoms with E-state index in [0.717, 1.165) is 6.42 Å². The average molecular weight is 291 g/mol.